The van der Waals surface area contributed by atoms with Gasteiger partial charge in [-0.15, -0.1) is 0 Å². The summed E-state index contributed by atoms with van der Waals surface area (Å²) in [5, 5.41) is 0.518. The van der Waals surface area contributed by atoms with Crippen molar-refractivity contribution in [1.82, 2.24) is 0 Å². The van der Waals surface area contributed by atoms with Crippen LogP contribution in [-0.2, 0) is 27.1 Å². The molecule has 0 heterocycles. The molecule has 0 aromatic heterocycles. The first kappa shape index (κ1) is 51.4. The molecular formula is C69H75ClN2O. The molecule has 0 saturated heterocycles. The van der Waals surface area contributed by atoms with Gasteiger partial charge >= 0.3 is 0 Å². The molecule has 0 atom stereocenters. The minimum atomic E-state index is -0.339. The number of hydrogen-bond acceptors (Lipinski definition) is 3. The van der Waals surface area contributed by atoms with Crippen molar-refractivity contribution in [1.29, 1.82) is 0 Å². The molecule has 4 heteroatoms. The summed E-state index contributed by atoms with van der Waals surface area (Å²) in [7, 11) is 0. The van der Waals surface area contributed by atoms with Crippen molar-refractivity contribution in [2.45, 2.75) is 138 Å². The van der Waals surface area contributed by atoms with Gasteiger partial charge in [0.05, 0.1) is 11.4 Å². The van der Waals surface area contributed by atoms with Crippen molar-refractivity contribution in [2.24, 2.45) is 0 Å². The van der Waals surface area contributed by atoms with Crippen molar-refractivity contribution in [3.05, 3.63) is 213 Å². The number of fused-ring (bicyclic) bond motifs is 3. The van der Waals surface area contributed by atoms with Gasteiger partial charge in [-0.3, -0.25) is 0 Å². The lowest BCUT2D eigenvalue weighted by atomic mass is 9.82. The molecule has 0 fully saturated rings. The quantitative estimate of drug-likeness (QED) is 0.143. The Hall–Kier alpha value is -6.55. The van der Waals surface area contributed by atoms with Crippen LogP contribution in [0.25, 0.3) is 22.3 Å². The number of ether oxygens (including phenoxy) is 1. The molecule has 0 unspecified atom stereocenters. The van der Waals surface area contributed by atoms with Crippen molar-refractivity contribution < 1.29 is 4.74 Å². The van der Waals surface area contributed by atoms with Crippen LogP contribution in [-0.4, -0.2) is 0 Å². The average Bonchev–Trinajstić information content (AvgIpc) is 3.55. The van der Waals surface area contributed by atoms with Crippen molar-refractivity contribution in [3.63, 3.8) is 0 Å². The lowest BCUT2D eigenvalue weighted by molar-refractivity contribution is 0.482. The highest BCUT2D eigenvalue weighted by molar-refractivity contribution is 6.35. The number of halogens is 1. The third kappa shape index (κ3) is 10.2. The standard InChI is InChI=1S/C69H75ClN2O/c1-44-37-45(2)39-46(38-44)47-40-61(64(70)62(41-47)73-56-35-27-51(28-36-56)68(12,13)14)72(54-33-25-50(26-34-54)67(9,10)11)55-42-59-63(57-19-17-18-20-58(57)69(59,15)16)60(43-55)71(52-29-21-48(22-30-52)65(3,4)5)53-31-23-49(24-32-53)66(6,7)8/h17-43H,1-16H3. The molecule has 8 aromatic rings. The topological polar surface area (TPSA) is 15.7 Å². The summed E-state index contributed by atoms with van der Waals surface area (Å²) in [5.74, 6) is 1.31. The van der Waals surface area contributed by atoms with E-state index in [1.165, 1.54) is 55.6 Å². The molecule has 0 N–H and O–H groups in total. The van der Waals surface area contributed by atoms with Gasteiger partial charge in [0.2, 0.25) is 0 Å². The number of benzene rings is 8. The molecule has 0 bridgehead atoms. The van der Waals surface area contributed by atoms with Crippen LogP contribution in [0.3, 0.4) is 0 Å². The van der Waals surface area contributed by atoms with Gasteiger partial charge in [0.1, 0.15) is 16.5 Å². The summed E-state index contributed by atoms with van der Waals surface area (Å²) in [4.78, 5) is 4.84. The van der Waals surface area contributed by atoms with E-state index >= 15 is 0 Å². The summed E-state index contributed by atoms with van der Waals surface area (Å²) in [6.07, 6.45) is 0. The minimum absolute atomic E-state index is 0.00130. The van der Waals surface area contributed by atoms with E-state index in [0.29, 0.717) is 10.8 Å². The van der Waals surface area contributed by atoms with E-state index in [-0.39, 0.29) is 27.1 Å². The van der Waals surface area contributed by atoms with E-state index in [2.05, 4.69) is 284 Å². The first-order valence-electron chi connectivity index (χ1n) is 26.1. The van der Waals surface area contributed by atoms with E-state index in [1.54, 1.807) is 0 Å². The van der Waals surface area contributed by atoms with E-state index in [9.17, 15) is 0 Å². The number of rotatable bonds is 9. The Morgan fingerprint density at radius 1 is 0.411 bits per heavy atom. The molecular weight excluding hydrogens is 908 g/mol. The number of anilines is 6. The van der Waals surface area contributed by atoms with E-state index in [4.69, 9.17) is 16.3 Å². The van der Waals surface area contributed by atoms with Gasteiger partial charge in [-0.25, -0.2) is 0 Å². The zero-order valence-corrected chi connectivity index (χ0v) is 47.0. The monoisotopic (exact) mass is 983 g/mol. The predicted molar refractivity (Wildman–Crippen MR) is 315 cm³/mol. The van der Waals surface area contributed by atoms with Crippen LogP contribution in [0.2, 0.25) is 5.02 Å². The Bertz CT molecular complexity index is 3240. The smallest absolute Gasteiger partial charge is 0.148 e. The molecule has 1 aliphatic carbocycles. The molecule has 3 nitrogen and oxygen atoms in total. The first-order valence-corrected chi connectivity index (χ1v) is 26.5. The van der Waals surface area contributed by atoms with Crippen LogP contribution in [0.1, 0.15) is 141 Å². The van der Waals surface area contributed by atoms with Crippen molar-refractivity contribution in [2.75, 3.05) is 9.80 Å². The van der Waals surface area contributed by atoms with Crippen molar-refractivity contribution >= 4 is 45.7 Å². The summed E-state index contributed by atoms with van der Waals surface area (Å²) in [6, 6.07) is 60.8. The number of nitrogens with zero attached hydrogens (tertiary/aromatic N) is 2. The molecule has 9 rings (SSSR count). The molecule has 0 spiro atoms. The maximum atomic E-state index is 7.95. The van der Waals surface area contributed by atoms with Crippen LogP contribution in [0, 0.1) is 13.8 Å². The molecule has 374 valence electrons. The van der Waals surface area contributed by atoms with Crippen LogP contribution < -0.4 is 14.5 Å². The number of hydrogen-bond donors (Lipinski definition) is 0. The van der Waals surface area contributed by atoms with Crippen LogP contribution in [0.4, 0.5) is 34.1 Å². The average molecular weight is 984 g/mol. The van der Waals surface area contributed by atoms with Gasteiger partial charge in [0.15, 0.2) is 0 Å². The van der Waals surface area contributed by atoms with E-state index in [1.807, 2.05) is 0 Å². The molecule has 0 radical (unpaired) electrons. The highest BCUT2D eigenvalue weighted by Crippen LogP contribution is 2.57. The van der Waals surface area contributed by atoms with Crippen LogP contribution in [0.15, 0.2) is 164 Å². The summed E-state index contributed by atoms with van der Waals surface area (Å²) in [5.41, 5.74) is 20.2. The second kappa shape index (κ2) is 18.7. The lowest BCUT2D eigenvalue weighted by Crippen LogP contribution is -2.19. The summed E-state index contributed by atoms with van der Waals surface area (Å²) >= 11 is 7.95. The highest BCUT2D eigenvalue weighted by Gasteiger charge is 2.40. The zero-order valence-electron chi connectivity index (χ0n) is 46.3. The molecule has 8 aromatic carbocycles. The molecule has 0 saturated carbocycles. The fourth-order valence-corrected chi connectivity index (χ4v) is 10.8. The maximum absolute atomic E-state index is 7.95. The molecule has 73 heavy (non-hydrogen) atoms. The van der Waals surface area contributed by atoms with Gasteiger partial charge in [0, 0.05) is 33.7 Å². The lowest BCUT2D eigenvalue weighted by Gasteiger charge is -2.34. The van der Waals surface area contributed by atoms with Gasteiger partial charge in [-0.05, 0) is 158 Å². The second-order valence-electron chi connectivity index (χ2n) is 25.2. The normalized spacial score (nSPS) is 13.4. The van der Waals surface area contributed by atoms with Gasteiger partial charge in [-0.2, -0.15) is 0 Å². The first-order chi connectivity index (χ1) is 34.2. The minimum Gasteiger partial charge on any atom is -0.456 e. The summed E-state index contributed by atoms with van der Waals surface area (Å²) in [6.45, 7) is 36.3. The Morgan fingerprint density at radius 2 is 0.822 bits per heavy atom. The third-order valence-corrected chi connectivity index (χ3v) is 15.3. The Labute approximate surface area is 442 Å². The highest BCUT2D eigenvalue weighted by atomic mass is 35.5. The number of aryl methyl sites for hydroxylation is 2. The SMILES string of the molecule is Cc1cc(C)cc(-c2cc(Oc3ccc(C(C)(C)C)cc3)c(Cl)c(N(c3ccc(C(C)(C)C)cc3)c3cc(N(c4ccc(C(C)(C)C)cc4)c4ccc(C(C)(C)C)cc4)c4c(c3)C(C)(C)c3ccccc3-4)c2)c1. The summed E-state index contributed by atoms with van der Waals surface area (Å²) < 4.78 is 6.95. The Balaban J connectivity index is 1.37. The van der Waals surface area contributed by atoms with Gasteiger partial charge < -0.3 is 14.5 Å². The second-order valence-corrected chi connectivity index (χ2v) is 25.6. The molecule has 0 aliphatic heterocycles. The molecule has 1 aliphatic rings. The van der Waals surface area contributed by atoms with Crippen LogP contribution >= 0.6 is 11.6 Å². The van der Waals surface area contributed by atoms with Gasteiger partial charge in [-0.1, -0.05) is 211 Å². The fourth-order valence-electron chi connectivity index (χ4n) is 10.5. The van der Waals surface area contributed by atoms with E-state index in [0.717, 1.165) is 51.0 Å². The Kier molecular flexibility index (Phi) is 13.2. The third-order valence-electron chi connectivity index (χ3n) is 14.9. The fraction of sp³-hybridized carbons (Fsp3) is 0.304. The largest absolute Gasteiger partial charge is 0.456 e. The zero-order chi connectivity index (χ0) is 52.6. The van der Waals surface area contributed by atoms with Crippen LogP contribution in [0.5, 0.6) is 11.5 Å². The predicted octanol–water partition coefficient (Wildman–Crippen LogP) is 20.9. The van der Waals surface area contributed by atoms with E-state index < -0.39 is 0 Å². The van der Waals surface area contributed by atoms with Crippen molar-refractivity contribution in [3.8, 4) is 33.8 Å². The Morgan fingerprint density at radius 3 is 1.27 bits per heavy atom. The molecule has 0 amide bonds. The van der Waals surface area contributed by atoms with Gasteiger partial charge in [0.25, 0.3) is 0 Å². The maximum Gasteiger partial charge on any atom is 0.148 e.